The van der Waals surface area contributed by atoms with Gasteiger partial charge in [0.1, 0.15) is 5.69 Å². The number of carboxylic acids is 1. The first-order chi connectivity index (χ1) is 14.7. The van der Waals surface area contributed by atoms with Gasteiger partial charge in [-0.15, -0.1) is 0 Å². The number of pyridine rings is 1. The fourth-order valence-electron chi connectivity index (χ4n) is 3.05. The Morgan fingerprint density at radius 3 is 2.63 bits per heavy atom. The number of hydrogen-bond donors (Lipinski definition) is 2. The van der Waals surface area contributed by atoms with E-state index in [-0.39, 0.29) is 5.56 Å². The number of hydrogen-bond acceptors (Lipinski definition) is 5. The zero-order valence-corrected chi connectivity index (χ0v) is 16.0. The minimum Gasteiger partial charge on any atom is -0.478 e. The van der Waals surface area contributed by atoms with Crippen LogP contribution < -0.4 is 5.43 Å². The number of nitrogens with one attached hydrogen (secondary N) is 1. The van der Waals surface area contributed by atoms with Crippen LogP contribution in [0.1, 0.15) is 21.5 Å². The number of carbonyl (C=O) groups is 1. The Labute approximate surface area is 173 Å². The average Bonchev–Trinajstić information content (AvgIpc) is 3.18. The molecule has 0 amide bonds. The number of para-hydroxylation sites is 1. The third-order valence-electron chi connectivity index (χ3n) is 4.46. The molecule has 7 heteroatoms. The molecule has 0 spiro atoms. The van der Waals surface area contributed by atoms with E-state index in [1.165, 1.54) is 6.07 Å². The van der Waals surface area contributed by atoms with E-state index in [1.54, 1.807) is 36.8 Å². The second kappa shape index (κ2) is 8.83. The van der Waals surface area contributed by atoms with Gasteiger partial charge in [-0.3, -0.25) is 15.1 Å². The number of carboxylic acid groups (broad SMARTS) is 1. The van der Waals surface area contributed by atoms with E-state index in [4.69, 9.17) is 5.10 Å². The number of aromatic nitrogens is 3. The smallest absolute Gasteiger partial charge is 0.337 e. The first-order valence-electron chi connectivity index (χ1n) is 9.34. The van der Waals surface area contributed by atoms with Crippen molar-refractivity contribution < 1.29 is 9.90 Å². The molecule has 4 aromatic rings. The van der Waals surface area contributed by atoms with E-state index in [0.717, 1.165) is 22.4 Å². The Morgan fingerprint density at radius 2 is 1.87 bits per heavy atom. The molecule has 30 heavy (non-hydrogen) atoms. The quantitative estimate of drug-likeness (QED) is 0.361. The summed E-state index contributed by atoms with van der Waals surface area (Å²) in [5, 5.41) is 18.3. The molecule has 2 aromatic heterocycles. The summed E-state index contributed by atoms with van der Waals surface area (Å²) in [6, 6.07) is 20.5. The van der Waals surface area contributed by atoms with Gasteiger partial charge < -0.3 is 5.11 Å². The number of aromatic carboxylic acids is 1. The van der Waals surface area contributed by atoms with Crippen LogP contribution in [-0.2, 0) is 6.54 Å². The normalized spacial score (nSPS) is 10.9. The van der Waals surface area contributed by atoms with Gasteiger partial charge in [0.05, 0.1) is 24.0 Å². The summed E-state index contributed by atoms with van der Waals surface area (Å²) in [6.45, 7) is 0.622. The molecule has 0 saturated heterocycles. The van der Waals surface area contributed by atoms with Crippen molar-refractivity contribution in [2.45, 2.75) is 6.54 Å². The summed E-state index contributed by atoms with van der Waals surface area (Å²) < 4.78 is 1.85. The Kier molecular flexibility index (Phi) is 5.61. The molecule has 4 rings (SSSR count). The number of anilines is 1. The maximum Gasteiger partial charge on any atom is 0.337 e. The predicted molar refractivity (Wildman–Crippen MR) is 116 cm³/mol. The predicted octanol–water partition coefficient (Wildman–Crippen LogP) is 4.14. The van der Waals surface area contributed by atoms with Crippen molar-refractivity contribution >= 4 is 17.9 Å². The van der Waals surface area contributed by atoms with Crippen LogP contribution in [0.5, 0.6) is 0 Å². The molecule has 0 aliphatic rings. The minimum absolute atomic E-state index is 0.155. The lowest BCUT2D eigenvalue weighted by Crippen LogP contribution is -2.02. The van der Waals surface area contributed by atoms with E-state index in [0.29, 0.717) is 12.2 Å². The molecule has 0 atom stereocenters. The Balaban J connectivity index is 1.63. The third kappa shape index (κ3) is 4.41. The van der Waals surface area contributed by atoms with Crippen molar-refractivity contribution in [3.8, 4) is 11.3 Å². The van der Waals surface area contributed by atoms with Gasteiger partial charge >= 0.3 is 5.97 Å². The standard InChI is InChI=1S/C23H19N5O2/c29-23(30)20-10-4-5-11-21(20)26-25-14-19-16-28(15-17-7-2-1-3-8-17)27-22(19)18-9-6-12-24-13-18/h1-14,16,26H,15H2,(H,29,30)/b25-14+. The molecule has 7 nitrogen and oxygen atoms in total. The van der Waals surface area contributed by atoms with Gasteiger partial charge in [-0.25, -0.2) is 4.79 Å². The van der Waals surface area contributed by atoms with Crippen molar-refractivity contribution in [2.75, 3.05) is 5.43 Å². The second-order valence-electron chi connectivity index (χ2n) is 6.58. The monoisotopic (exact) mass is 397 g/mol. The molecule has 0 saturated carbocycles. The van der Waals surface area contributed by atoms with Crippen molar-refractivity contribution in [2.24, 2.45) is 5.10 Å². The molecule has 0 unspecified atom stereocenters. The maximum absolute atomic E-state index is 11.4. The lowest BCUT2D eigenvalue weighted by Gasteiger charge is -2.04. The Hall–Kier alpha value is -4.26. The fourth-order valence-corrected chi connectivity index (χ4v) is 3.05. The van der Waals surface area contributed by atoms with Crippen LogP contribution in [0, 0.1) is 0 Å². The van der Waals surface area contributed by atoms with Crippen LogP contribution in [0.25, 0.3) is 11.3 Å². The number of hydrazone groups is 1. The molecule has 148 valence electrons. The number of benzene rings is 2. The first kappa shape index (κ1) is 19.1. The van der Waals surface area contributed by atoms with E-state index in [9.17, 15) is 9.90 Å². The average molecular weight is 397 g/mol. The van der Waals surface area contributed by atoms with Crippen LogP contribution in [0.4, 0.5) is 5.69 Å². The van der Waals surface area contributed by atoms with Crippen LogP contribution in [0.15, 0.2) is 90.4 Å². The molecule has 0 radical (unpaired) electrons. The highest BCUT2D eigenvalue weighted by Crippen LogP contribution is 2.21. The highest BCUT2D eigenvalue weighted by molar-refractivity contribution is 5.94. The molecule has 0 bridgehead atoms. The maximum atomic E-state index is 11.4. The van der Waals surface area contributed by atoms with Crippen molar-refractivity contribution in [1.82, 2.24) is 14.8 Å². The summed E-state index contributed by atoms with van der Waals surface area (Å²) in [4.78, 5) is 15.5. The SMILES string of the molecule is O=C(O)c1ccccc1N/N=C/c1cn(Cc2ccccc2)nc1-c1cccnc1. The summed E-state index contributed by atoms with van der Waals surface area (Å²) in [6.07, 6.45) is 7.00. The highest BCUT2D eigenvalue weighted by Gasteiger charge is 2.11. The van der Waals surface area contributed by atoms with Crippen molar-refractivity contribution in [3.05, 3.63) is 102 Å². The summed E-state index contributed by atoms with van der Waals surface area (Å²) in [5.41, 5.74) is 6.93. The Morgan fingerprint density at radius 1 is 1.07 bits per heavy atom. The van der Waals surface area contributed by atoms with E-state index in [2.05, 4.69) is 15.5 Å². The lowest BCUT2D eigenvalue weighted by molar-refractivity contribution is 0.0698. The largest absolute Gasteiger partial charge is 0.478 e. The zero-order valence-electron chi connectivity index (χ0n) is 16.0. The van der Waals surface area contributed by atoms with Gasteiger partial charge in [0, 0.05) is 29.7 Å². The van der Waals surface area contributed by atoms with E-state index >= 15 is 0 Å². The Bertz CT molecular complexity index is 1170. The first-order valence-corrected chi connectivity index (χ1v) is 9.34. The van der Waals surface area contributed by atoms with Crippen LogP contribution in [-0.4, -0.2) is 32.1 Å². The minimum atomic E-state index is -1.01. The number of nitrogens with zero attached hydrogens (tertiary/aromatic N) is 4. The van der Waals surface area contributed by atoms with Gasteiger partial charge in [0.25, 0.3) is 0 Å². The van der Waals surface area contributed by atoms with Gasteiger partial charge in [-0.1, -0.05) is 42.5 Å². The zero-order chi connectivity index (χ0) is 20.8. The van der Waals surface area contributed by atoms with Gasteiger partial charge in [0.15, 0.2) is 0 Å². The molecule has 0 aliphatic heterocycles. The molecule has 2 aromatic carbocycles. The van der Waals surface area contributed by atoms with Crippen LogP contribution >= 0.6 is 0 Å². The van der Waals surface area contributed by atoms with E-state index in [1.807, 2.05) is 53.3 Å². The summed E-state index contributed by atoms with van der Waals surface area (Å²) >= 11 is 0. The van der Waals surface area contributed by atoms with Gasteiger partial charge in [-0.05, 0) is 29.8 Å². The van der Waals surface area contributed by atoms with E-state index < -0.39 is 5.97 Å². The molecular formula is C23H19N5O2. The molecule has 0 fully saturated rings. The molecule has 2 N–H and O–H groups in total. The second-order valence-corrected chi connectivity index (χ2v) is 6.58. The summed E-state index contributed by atoms with van der Waals surface area (Å²) in [5.74, 6) is -1.01. The fraction of sp³-hybridized carbons (Fsp3) is 0.0435. The molecular weight excluding hydrogens is 378 g/mol. The van der Waals surface area contributed by atoms with Crippen molar-refractivity contribution in [1.29, 1.82) is 0 Å². The lowest BCUT2D eigenvalue weighted by atomic mass is 10.1. The van der Waals surface area contributed by atoms with Crippen LogP contribution in [0.3, 0.4) is 0 Å². The topological polar surface area (TPSA) is 92.4 Å². The van der Waals surface area contributed by atoms with Crippen LogP contribution in [0.2, 0.25) is 0 Å². The number of rotatable bonds is 7. The third-order valence-corrected chi connectivity index (χ3v) is 4.46. The highest BCUT2D eigenvalue weighted by atomic mass is 16.4. The van der Waals surface area contributed by atoms with Crippen molar-refractivity contribution in [3.63, 3.8) is 0 Å². The molecule has 2 heterocycles. The molecule has 0 aliphatic carbocycles. The van der Waals surface area contributed by atoms with Gasteiger partial charge in [0.2, 0.25) is 0 Å². The van der Waals surface area contributed by atoms with Gasteiger partial charge in [-0.2, -0.15) is 10.2 Å². The summed E-state index contributed by atoms with van der Waals surface area (Å²) in [7, 11) is 0.